The highest BCUT2D eigenvalue weighted by atomic mass is 16.2. The van der Waals surface area contributed by atoms with E-state index in [0.717, 1.165) is 43.7 Å². The normalized spacial score (nSPS) is 17.9. The summed E-state index contributed by atoms with van der Waals surface area (Å²) in [4.78, 5) is 29.4. The van der Waals surface area contributed by atoms with E-state index in [9.17, 15) is 4.79 Å². The minimum absolute atomic E-state index is 0.0882. The minimum Gasteiger partial charge on any atom is -0.345 e. The molecule has 4 heterocycles. The molecule has 0 N–H and O–H groups in total. The number of likely N-dealkylation sites (tertiary alicyclic amines) is 1. The molecule has 1 aliphatic heterocycles. The molecule has 0 saturated carbocycles. The number of fused-ring (bicyclic) bond motifs is 1. The van der Waals surface area contributed by atoms with Gasteiger partial charge in [0, 0.05) is 45.4 Å². The number of carbonyl (C=O) groups excluding carboxylic acids is 1. The van der Waals surface area contributed by atoms with Gasteiger partial charge < -0.3 is 4.90 Å². The van der Waals surface area contributed by atoms with Gasteiger partial charge in [-0.1, -0.05) is 6.42 Å². The number of piperidine rings is 1. The van der Waals surface area contributed by atoms with Crippen LogP contribution in [0.3, 0.4) is 0 Å². The molecular weight excluding hydrogens is 342 g/mol. The van der Waals surface area contributed by atoms with E-state index in [1.165, 1.54) is 0 Å². The smallest absolute Gasteiger partial charge is 0.258 e. The summed E-state index contributed by atoms with van der Waals surface area (Å²) in [5.41, 5.74) is 3.15. The lowest BCUT2D eigenvalue weighted by Crippen LogP contribution is -2.34. The van der Waals surface area contributed by atoms with Crippen LogP contribution in [0.5, 0.6) is 0 Å². The van der Waals surface area contributed by atoms with Crippen LogP contribution in [0.1, 0.15) is 47.1 Å². The molecule has 0 unspecified atom stereocenters. The van der Waals surface area contributed by atoms with Crippen molar-refractivity contribution in [2.45, 2.75) is 31.8 Å². The highest BCUT2D eigenvalue weighted by Gasteiger charge is 2.28. The number of amides is 1. The third-order valence-electron chi connectivity index (χ3n) is 5.00. The molecule has 8 heteroatoms. The van der Waals surface area contributed by atoms with Crippen molar-refractivity contribution in [1.82, 2.24) is 34.4 Å². The first-order valence-electron chi connectivity index (χ1n) is 9.18. The third kappa shape index (κ3) is 3.40. The van der Waals surface area contributed by atoms with Crippen LogP contribution in [0, 0.1) is 0 Å². The van der Waals surface area contributed by atoms with Crippen molar-refractivity contribution in [3.63, 3.8) is 0 Å². The van der Waals surface area contributed by atoms with Crippen LogP contribution in [-0.4, -0.2) is 60.9 Å². The second kappa shape index (κ2) is 7.40. The Kier molecular flexibility index (Phi) is 4.81. The average Bonchev–Trinajstić information content (AvgIpc) is 3.13. The molecule has 0 aromatic carbocycles. The Balaban J connectivity index is 1.70. The molecule has 3 aromatic heterocycles. The van der Waals surface area contributed by atoms with Crippen molar-refractivity contribution < 1.29 is 4.79 Å². The summed E-state index contributed by atoms with van der Waals surface area (Å²) >= 11 is 0. The summed E-state index contributed by atoms with van der Waals surface area (Å²) in [6.45, 7) is 1.74. The summed E-state index contributed by atoms with van der Waals surface area (Å²) in [5.74, 6) is -0.0882. The standard InChI is InChI=1S/C19H23N7O/c1-24(2)19(27)15-12-23-26-17(6-7-22-18(15)26)16-5-3-4-10-25(16)13-14-11-20-8-9-21-14/h6-9,11-12,16H,3-5,10,13H2,1-2H3/t16-/m0/s1. The zero-order valence-electron chi connectivity index (χ0n) is 15.6. The van der Waals surface area contributed by atoms with Gasteiger partial charge in [0.05, 0.1) is 23.6 Å². The molecule has 0 radical (unpaired) electrons. The molecule has 0 aliphatic carbocycles. The van der Waals surface area contributed by atoms with Crippen molar-refractivity contribution in [1.29, 1.82) is 0 Å². The van der Waals surface area contributed by atoms with Crippen molar-refractivity contribution in [3.05, 3.63) is 54.0 Å². The van der Waals surface area contributed by atoms with E-state index in [2.05, 4.69) is 25.0 Å². The third-order valence-corrected chi connectivity index (χ3v) is 5.00. The predicted molar refractivity (Wildman–Crippen MR) is 100 cm³/mol. The Morgan fingerprint density at radius 2 is 2.07 bits per heavy atom. The van der Waals surface area contributed by atoms with Gasteiger partial charge >= 0.3 is 0 Å². The molecule has 140 valence electrons. The van der Waals surface area contributed by atoms with E-state index in [1.807, 2.05) is 16.8 Å². The van der Waals surface area contributed by atoms with Gasteiger partial charge in [-0.05, 0) is 25.5 Å². The Bertz CT molecular complexity index is 938. The molecule has 1 atom stereocenters. The number of hydrogen-bond donors (Lipinski definition) is 0. The van der Waals surface area contributed by atoms with E-state index in [4.69, 9.17) is 0 Å². The van der Waals surface area contributed by atoms with Crippen molar-refractivity contribution in [2.24, 2.45) is 0 Å². The quantitative estimate of drug-likeness (QED) is 0.703. The van der Waals surface area contributed by atoms with Gasteiger partial charge in [-0.3, -0.25) is 19.7 Å². The Hall–Kier alpha value is -2.87. The summed E-state index contributed by atoms with van der Waals surface area (Å²) < 4.78 is 1.82. The van der Waals surface area contributed by atoms with E-state index < -0.39 is 0 Å². The first-order chi connectivity index (χ1) is 13.1. The van der Waals surface area contributed by atoms with Crippen molar-refractivity contribution in [2.75, 3.05) is 20.6 Å². The lowest BCUT2D eigenvalue weighted by Gasteiger charge is -2.35. The fraction of sp³-hybridized carbons (Fsp3) is 0.421. The second-order valence-corrected chi connectivity index (χ2v) is 7.04. The molecule has 0 bridgehead atoms. The SMILES string of the molecule is CN(C)C(=O)c1cnn2c([C@@H]3CCCCN3Cc3cnccn3)ccnc12. The average molecular weight is 365 g/mol. The number of rotatable bonds is 4. The summed E-state index contributed by atoms with van der Waals surface area (Å²) in [6.07, 6.45) is 12.0. The monoisotopic (exact) mass is 365 g/mol. The first kappa shape index (κ1) is 17.5. The summed E-state index contributed by atoms with van der Waals surface area (Å²) in [5, 5.41) is 4.49. The van der Waals surface area contributed by atoms with Crippen LogP contribution in [0.15, 0.2) is 37.1 Å². The minimum atomic E-state index is -0.0882. The number of nitrogens with zero attached hydrogens (tertiary/aromatic N) is 7. The van der Waals surface area contributed by atoms with E-state index >= 15 is 0 Å². The molecule has 3 aromatic rings. The molecule has 1 amide bonds. The van der Waals surface area contributed by atoms with Gasteiger partial charge in [0.15, 0.2) is 5.65 Å². The van der Waals surface area contributed by atoms with Gasteiger partial charge in [0.2, 0.25) is 0 Å². The number of aromatic nitrogens is 5. The predicted octanol–water partition coefficient (Wildman–Crippen LogP) is 1.95. The lowest BCUT2D eigenvalue weighted by molar-refractivity contribution is 0.0829. The van der Waals surface area contributed by atoms with E-state index in [0.29, 0.717) is 11.2 Å². The topological polar surface area (TPSA) is 79.5 Å². The maximum Gasteiger partial charge on any atom is 0.258 e. The van der Waals surface area contributed by atoms with Gasteiger partial charge in [-0.2, -0.15) is 5.10 Å². The van der Waals surface area contributed by atoms with Gasteiger partial charge in [-0.15, -0.1) is 0 Å². The summed E-state index contributed by atoms with van der Waals surface area (Å²) in [6, 6.07) is 2.21. The van der Waals surface area contributed by atoms with E-state index in [1.54, 1.807) is 43.8 Å². The van der Waals surface area contributed by atoms with Crippen molar-refractivity contribution in [3.8, 4) is 0 Å². The van der Waals surface area contributed by atoms with Crippen molar-refractivity contribution >= 4 is 11.6 Å². The van der Waals surface area contributed by atoms with Gasteiger partial charge in [0.1, 0.15) is 5.56 Å². The molecule has 1 saturated heterocycles. The maximum absolute atomic E-state index is 12.4. The summed E-state index contributed by atoms with van der Waals surface area (Å²) in [7, 11) is 3.47. The molecule has 1 fully saturated rings. The van der Waals surface area contributed by atoms with Crippen LogP contribution in [0.2, 0.25) is 0 Å². The zero-order chi connectivity index (χ0) is 18.8. The fourth-order valence-corrected chi connectivity index (χ4v) is 3.69. The zero-order valence-corrected chi connectivity index (χ0v) is 15.6. The molecule has 4 rings (SSSR count). The molecule has 8 nitrogen and oxygen atoms in total. The van der Waals surface area contributed by atoms with Crippen LogP contribution < -0.4 is 0 Å². The number of carbonyl (C=O) groups is 1. The van der Waals surface area contributed by atoms with Gasteiger partial charge in [0.25, 0.3) is 5.91 Å². The van der Waals surface area contributed by atoms with Crippen LogP contribution >= 0.6 is 0 Å². The molecule has 0 spiro atoms. The van der Waals surface area contributed by atoms with Crippen LogP contribution in [0.25, 0.3) is 5.65 Å². The lowest BCUT2D eigenvalue weighted by atomic mass is 9.98. The highest BCUT2D eigenvalue weighted by molar-refractivity contribution is 5.99. The van der Waals surface area contributed by atoms with Crippen LogP contribution in [0.4, 0.5) is 0 Å². The largest absolute Gasteiger partial charge is 0.345 e. The Morgan fingerprint density at radius 1 is 1.19 bits per heavy atom. The maximum atomic E-state index is 12.4. The first-order valence-corrected chi connectivity index (χ1v) is 9.18. The second-order valence-electron chi connectivity index (χ2n) is 7.04. The Morgan fingerprint density at radius 3 is 2.85 bits per heavy atom. The Labute approximate surface area is 157 Å². The number of hydrogen-bond acceptors (Lipinski definition) is 6. The fourth-order valence-electron chi connectivity index (χ4n) is 3.69. The van der Waals surface area contributed by atoms with Crippen LogP contribution in [-0.2, 0) is 6.54 Å². The molecule has 27 heavy (non-hydrogen) atoms. The van der Waals surface area contributed by atoms with E-state index in [-0.39, 0.29) is 11.9 Å². The highest BCUT2D eigenvalue weighted by Crippen LogP contribution is 2.32. The molecular formula is C19H23N7O. The van der Waals surface area contributed by atoms with Gasteiger partial charge in [-0.25, -0.2) is 9.50 Å². The molecule has 1 aliphatic rings.